The first-order chi connectivity index (χ1) is 11.3. The van der Waals surface area contributed by atoms with Crippen LogP contribution in [0, 0.1) is 0 Å². The molecule has 0 aliphatic carbocycles. The number of nitrogens with one attached hydrogen (secondary N) is 1. The molecule has 6 nitrogen and oxygen atoms in total. The van der Waals surface area contributed by atoms with E-state index in [1.165, 1.54) is 5.56 Å². The molecule has 1 aromatic carbocycles. The maximum absolute atomic E-state index is 5.38. The first-order valence-corrected chi connectivity index (χ1v) is 7.81. The van der Waals surface area contributed by atoms with Crippen LogP contribution in [0.3, 0.4) is 0 Å². The second kappa shape index (κ2) is 7.89. The van der Waals surface area contributed by atoms with E-state index in [4.69, 9.17) is 9.47 Å². The second-order valence-electron chi connectivity index (χ2n) is 5.44. The van der Waals surface area contributed by atoms with Crippen molar-refractivity contribution in [1.29, 1.82) is 0 Å². The highest BCUT2D eigenvalue weighted by Crippen LogP contribution is 2.14. The number of hydrogen-bond acceptors (Lipinski definition) is 6. The van der Waals surface area contributed by atoms with Gasteiger partial charge < -0.3 is 19.7 Å². The molecule has 1 N–H and O–H groups in total. The molecule has 1 aromatic heterocycles. The van der Waals surface area contributed by atoms with E-state index in [0.717, 1.165) is 37.7 Å². The lowest BCUT2D eigenvalue weighted by Crippen LogP contribution is -2.36. The molecule has 0 saturated carbocycles. The minimum Gasteiger partial charge on any atom is -0.380 e. The highest BCUT2D eigenvalue weighted by molar-refractivity contribution is 5.43. The lowest BCUT2D eigenvalue weighted by Gasteiger charge is -2.27. The van der Waals surface area contributed by atoms with Crippen LogP contribution < -0.4 is 10.2 Å². The molecule has 3 rings (SSSR count). The zero-order valence-electron chi connectivity index (χ0n) is 13.4. The lowest BCUT2D eigenvalue weighted by atomic mass is 10.1. The van der Waals surface area contributed by atoms with Gasteiger partial charge in [0.25, 0.3) is 0 Å². The molecule has 0 radical (unpaired) electrons. The molecule has 1 fully saturated rings. The van der Waals surface area contributed by atoms with E-state index in [0.29, 0.717) is 19.1 Å². The van der Waals surface area contributed by atoms with E-state index in [1.807, 2.05) is 12.1 Å². The standard InChI is InChI=1S/C17H22N4O2/c1-22-13-15-4-2-3-14(11-15)12-19-17-18-6-5-16(20-17)21-7-9-23-10-8-21/h2-6,11H,7-10,12-13H2,1H3,(H,18,19,20). The molecule has 0 bridgehead atoms. The maximum atomic E-state index is 5.38. The number of ether oxygens (including phenoxy) is 2. The predicted molar refractivity (Wildman–Crippen MR) is 89.5 cm³/mol. The van der Waals surface area contributed by atoms with Crippen molar-refractivity contribution >= 4 is 11.8 Å². The smallest absolute Gasteiger partial charge is 0.224 e. The molecule has 1 saturated heterocycles. The lowest BCUT2D eigenvalue weighted by molar-refractivity contribution is 0.122. The monoisotopic (exact) mass is 314 g/mol. The first-order valence-electron chi connectivity index (χ1n) is 7.81. The van der Waals surface area contributed by atoms with Crippen LogP contribution in [0.5, 0.6) is 0 Å². The molecule has 2 aromatic rings. The Morgan fingerprint density at radius 2 is 2.04 bits per heavy atom. The van der Waals surface area contributed by atoms with Crippen LogP contribution in [-0.2, 0) is 22.6 Å². The van der Waals surface area contributed by atoms with Gasteiger partial charge in [-0.25, -0.2) is 4.98 Å². The Morgan fingerprint density at radius 3 is 2.87 bits per heavy atom. The number of methoxy groups -OCH3 is 1. The van der Waals surface area contributed by atoms with Gasteiger partial charge in [-0.15, -0.1) is 0 Å². The fraction of sp³-hybridized carbons (Fsp3) is 0.412. The zero-order valence-corrected chi connectivity index (χ0v) is 13.4. The number of nitrogens with zero attached hydrogens (tertiary/aromatic N) is 3. The third-order valence-corrected chi connectivity index (χ3v) is 3.73. The van der Waals surface area contributed by atoms with Gasteiger partial charge in [-0.05, 0) is 17.2 Å². The van der Waals surface area contributed by atoms with Crippen molar-refractivity contribution in [3.05, 3.63) is 47.7 Å². The fourth-order valence-electron chi connectivity index (χ4n) is 2.58. The normalized spacial score (nSPS) is 14.7. The summed E-state index contributed by atoms with van der Waals surface area (Å²) in [7, 11) is 1.70. The SMILES string of the molecule is COCc1cccc(CNc2nccc(N3CCOCC3)n2)c1. The van der Waals surface area contributed by atoms with Gasteiger partial charge in [0.05, 0.1) is 19.8 Å². The van der Waals surface area contributed by atoms with E-state index in [1.54, 1.807) is 13.3 Å². The summed E-state index contributed by atoms with van der Waals surface area (Å²) in [6.45, 7) is 4.55. The molecule has 0 unspecified atom stereocenters. The van der Waals surface area contributed by atoms with Crippen LogP contribution in [0.1, 0.15) is 11.1 Å². The number of benzene rings is 1. The third-order valence-electron chi connectivity index (χ3n) is 3.73. The van der Waals surface area contributed by atoms with Gasteiger partial charge in [0.1, 0.15) is 5.82 Å². The summed E-state index contributed by atoms with van der Waals surface area (Å²) in [6.07, 6.45) is 1.79. The van der Waals surface area contributed by atoms with Crippen molar-refractivity contribution in [1.82, 2.24) is 9.97 Å². The molecule has 23 heavy (non-hydrogen) atoms. The molecule has 0 amide bonds. The fourth-order valence-corrected chi connectivity index (χ4v) is 2.58. The average Bonchev–Trinajstić information content (AvgIpc) is 2.62. The number of morpholine rings is 1. The predicted octanol–water partition coefficient (Wildman–Crippen LogP) is 2.07. The summed E-state index contributed by atoms with van der Waals surface area (Å²) < 4.78 is 10.5. The highest BCUT2D eigenvalue weighted by Gasteiger charge is 2.12. The highest BCUT2D eigenvalue weighted by atomic mass is 16.5. The minimum atomic E-state index is 0.622. The average molecular weight is 314 g/mol. The third kappa shape index (κ3) is 4.40. The number of aromatic nitrogens is 2. The van der Waals surface area contributed by atoms with Gasteiger partial charge in [0, 0.05) is 32.9 Å². The summed E-state index contributed by atoms with van der Waals surface area (Å²) in [4.78, 5) is 11.1. The molecule has 0 atom stereocenters. The summed E-state index contributed by atoms with van der Waals surface area (Å²) in [6, 6.07) is 10.2. The van der Waals surface area contributed by atoms with Gasteiger partial charge in [0.2, 0.25) is 5.95 Å². The van der Waals surface area contributed by atoms with Gasteiger partial charge >= 0.3 is 0 Å². The largest absolute Gasteiger partial charge is 0.380 e. The van der Waals surface area contributed by atoms with Gasteiger partial charge in [0.15, 0.2) is 0 Å². The Kier molecular flexibility index (Phi) is 5.39. The number of hydrogen-bond donors (Lipinski definition) is 1. The van der Waals surface area contributed by atoms with Crippen LogP contribution in [0.15, 0.2) is 36.5 Å². The van der Waals surface area contributed by atoms with Crippen LogP contribution in [0.2, 0.25) is 0 Å². The second-order valence-corrected chi connectivity index (χ2v) is 5.44. The zero-order chi connectivity index (χ0) is 15.9. The molecule has 1 aliphatic heterocycles. The first kappa shape index (κ1) is 15.7. The van der Waals surface area contributed by atoms with Gasteiger partial charge in [-0.1, -0.05) is 24.3 Å². The molecular formula is C17H22N4O2. The topological polar surface area (TPSA) is 59.5 Å². The Bertz CT molecular complexity index is 629. The van der Waals surface area contributed by atoms with Crippen molar-refractivity contribution < 1.29 is 9.47 Å². The Labute approximate surface area is 136 Å². The van der Waals surface area contributed by atoms with Crippen molar-refractivity contribution in [2.24, 2.45) is 0 Å². The van der Waals surface area contributed by atoms with E-state index < -0.39 is 0 Å². The quantitative estimate of drug-likeness (QED) is 0.881. The number of rotatable bonds is 6. The Balaban J connectivity index is 1.62. The van der Waals surface area contributed by atoms with E-state index >= 15 is 0 Å². The Morgan fingerprint density at radius 1 is 1.22 bits per heavy atom. The van der Waals surface area contributed by atoms with Gasteiger partial charge in [-0.3, -0.25) is 0 Å². The van der Waals surface area contributed by atoms with Crippen molar-refractivity contribution in [3.8, 4) is 0 Å². The summed E-state index contributed by atoms with van der Waals surface area (Å²) in [5, 5.41) is 3.29. The van der Waals surface area contributed by atoms with Crippen molar-refractivity contribution in [2.75, 3.05) is 43.6 Å². The summed E-state index contributed by atoms with van der Waals surface area (Å²) in [5.74, 6) is 1.59. The van der Waals surface area contributed by atoms with E-state index in [-0.39, 0.29) is 0 Å². The molecule has 0 spiro atoms. The Hall–Kier alpha value is -2.18. The summed E-state index contributed by atoms with van der Waals surface area (Å²) in [5.41, 5.74) is 2.34. The van der Waals surface area contributed by atoms with E-state index in [2.05, 4.69) is 38.4 Å². The molecule has 122 valence electrons. The minimum absolute atomic E-state index is 0.622. The molecule has 6 heteroatoms. The summed E-state index contributed by atoms with van der Waals surface area (Å²) >= 11 is 0. The van der Waals surface area contributed by atoms with Crippen LogP contribution >= 0.6 is 0 Å². The number of anilines is 2. The molecule has 2 heterocycles. The van der Waals surface area contributed by atoms with Crippen LogP contribution in [0.4, 0.5) is 11.8 Å². The van der Waals surface area contributed by atoms with Gasteiger partial charge in [-0.2, -0.15) is 4.98 Å². The van der Waals surface area contributed by atoms with E-state index in [9.17, 15) is 0 Å². The van der Waals surface area contributed by atoms with Crippen LogP contribution in [0.25, 0.3) is 0 Å². The van der Waals surface area contributed by atoms with Crippen molar-refractivity contribution in [2.45, 2.75) is 13.2 Å². The molecule has 1 aliphatic rings. The maximum Gasteiger partial charge on any atom is 0.224 e. The van der Waals surface area contributed by atoms with Crippen molar-refractivity contribution in [3.63, 3.8) is 0 Å². The van der Waals surface area contributed by atoms with Crippen LogP contribution in [-0.4, -0.2) is 43.4 Å². The molecular weight excluding hydrogens is 292 g/mol.